The van der Waals surface area contributed by atoms with Gasteiger partial charge < -0.3 is 0 Å². The van der Waals surface area contributed by atoms with E-state index in [-0.39, 0.29) is 5.69 Å². The summed E-state index contributed by atoms with van der Waals surface area (Å²) in [5, 5.41) is 0. The molecule has 2 rings (SSSR count). The Morgan fingerprint density at radius 2 is 1.56 bits per heavy atom. The molecule has 0 N–H and O–H groups in total. The second-order valence-corrected chi connectivity index (χ2v) is 6.00. The Balaban J connectivity index is 2.29. The molecule has 0 bridgehead atoms. The number of amides is 3. The van der Waals surface area contributed by atoms with E-state index in [1.54, 1.807) is 12.3 Å². The molecule has 8 heteroatoms. The summed E-state index contributed by atoms with van der Waals surface area (Å²) >= 11 is 1.33. The van der Waals surface area contributed by atoms with Crippen LogP contribution in [0.15, 0.2) is 41.3 Å². The molecule has 0 aliphatic heterocycles. The lowest BCUT2D eigenvalue weighted by Gasteiger charge is -2.24. The van der Waals surface area contributed by atoms with E-state index < -0.39 is 35.0 Å². The third kappa shape index (κ3) is 3.79. The maximum atomic E-state index is 14.1. The first-order valence-electron chi connectivity index (χ1n) is 7.11. The van der Waals surface area contributed by atoms with Crippen LogP contribution >= 0.6 is 11.8 Å². The Morgan fingerprint density at radius 3 is 2.08 bits per heavy atom. The molecule has 132 valence electrons. The first-order valence-corrected chi connectivity index (χ1v) is 8.33. The minimum atomic E-state index is -1.16. The van der Waals surface area contributed by atoms with E-state index in [4.69, 9.17) is 0 Å². The minimum absolute atomic E-state index is 0.0588. The number of anilines is 1. The second-order valence-electron chi connectivity index (χ2n) is 5.12. The third-order valence-corrected chi connectivity index (χ3v) is 4.30. The minimum Gasteiger partial charge on any atom is -0.294 e. The summed E-state index contributed by atoms with van der Waals surface area (Å²) < 4.78 is 41.6. The van der Waals surface area contributed by atoms with Crippen molar-refractivity contribution in [3.8, 4) is 0 Å². The average Bonchev–Trinajstić information content (AvgIpc) is 2.59. The molecule has 0 fully saturated rings. The van der Waals surface area contributed by atoms with Crippen LogP contribution in [0.3, 0.4) is 0 Å². The maximum Gasteiger partial charge on any atom is 0.331 e. The molecule has 2 aromatic carbocycles. The van der Waals surface area contributed by atoms with Crippen LogP contribution in [0.2, 0.25) is 0 Å². The smallest absolute Gasteiger partial charge is 0.294 e. The molecule has 0 saturated heterocycles. The van der Waals surface area contributed by atoms with Crippen LogP contribution in [-0.4, -0.2) is 37.2 Å². The van der Waals surface area contributed by atoms with Gasteiger partial charge in [-0.1, -0.05) is 6.07 Å². The van der Waals surface area contributed by atoms with Gasteiger partial charge in [0, 0.05) is 19.0 Å². The van der Waals surface area contributed by atoms with Crippen LogP contribution in [0.5, 0.6) is 0 Å². The molecular weight excluding hydrogens is 353 g/mol. The quantitative estimate of drug-likeness (QED) is 0.764. The van der Waals surface area contributed by atoms with E-state index in [0.717, 1.165) is 30.1 Å². The molecule has 0 unspecified atom stereocenters. The number of rotatable bonds is 3. The van der Waals surface area contributed by atoms with Crippen LogP contribution in [0.25, 0.3) is 0 Å². The molecule has 0 atom stereocenters. The van der Waals surface area contributed by atoms with E-state index in [1.807, 2.05) is 0 Å². The number of hydrogen-bond acceptors (Lipinski definition) is 3. The van der Waals surface area contributed by atoms with Crippen LogP contribution in [0, 0.1) is 17.5 Å². The van der Waals surface area contributed by atoms with Gasteiger partial charge in [-0.05, 0) is 36.6 Å². The molecule has 0 saturated carbocycles. The van der Waals surface area contributed by atoms with Crippen molar-refractivity contribution >= 4 is 29.4 Å². The number of carbonyl (C=O) groups excluding carboxylic acids is 2. The van der Waals surface area contributed by atoms with Gasteiger partial charge in [-0.2, -0.15) is 0 Å². The van der Waals surface area contributed by atoms with E-state index in [0.29, 0.717) is 9.80 Å². The van der Waals surface area contributed by atoms with Crippen LogP contribution in [-0.2, 0) is 0 Å². The fraction of sp³-hybridized carbons (Fsp3) is 0.176. The van der Waals surface area contributed by atoms with Gasteiger partial charge in [-0.3, -0.25) is 14.6 Å². The number of imide groups is 1. The Bertz CT molecular complexity index is 809. The molecule has 0 aromatic heterocycles. The van der Waals surface area contributed by atoms with E-state index in [1.165, 1.54) is 30.9 Å². The molecule has 4 nitrogen and oxygen atoms in total. The molecule has 25 heavy (non-hydrogen) atoms. The number of urea groups is 1. The van der Waals surface area contributed by atoms with Crippen LogP contribution in [0.1, 0.15) is 10.4 Å². The number of halogens is 3. The van der Waals surface area contributed by atoms with Crippen molar-refractivity contribution in [1.82, 2.24) is 4.90 Å². The summed E-state index contributed by atoms with van der Waals surface area (Å²) in [6.45, 7) is 0. The summed E-state index contributed by atoms with van der Waals surface area (Å²) in [5.41, 5.74) is -0.901. The highest BCUT2D eigenvalue weighted by molar-refractivity contribution is 7.98. The van der Waals surface area contributed by atoms with Crippen LogP contribution in [0.4, 0.5) is 23.7 Å². The van der Waals surface area contributed by atoms with E-state index >= 15 is 0 Å². The Morgan fingerprint density at radius 1 is 0.960 bits per heavy atom. The topological polar surface area (TPSA) is 40.6 Å². The second kappa shape index (κ2) is 7.60. The molecule has 0 aliphatic rings. The number of nitrogens with zero attached hydrogens (tertiary/aromatic N) is 2. The maximum absolute atomic E-state index is 14.1. The van der Waals surface area contributed by atoms with E-state index in [9.17, 15) is 22.8 Å². The van der Waals surface area contributed by atoms with Crippen molar-refractivity contribution in [2.75, 3.05) is 25.3 Å². The molecular formula is C17H15F3N2O2S. The molecule has 3 amide bonds. The SMILES string of the molecule is CSc1ccc(N(C)C(=O)N(C)C(=O)c2c(F)cccc2F)c(F)c1. The van der Waals surface area contributed by atoms with Gasteiger partial charge in [0.05, 0.1) is 5.69 Å². The molecule has 0 heterocycles. The van der Waals surface area contributed by atoms with Crippen molar-refractivity contribution < 1.29 is 22.8 Å². The normalized spacial score (nSPS) is 10.5. The number of benzene rings is 2. The van der Waals surface area contributed by atoms with Crippen molar-refractivity contribution in [3.05, 3.63) is 59.4 Å². The van der Waals surface area contributed by atoms with Gasteiger partial charge in [-0.15, -0.1) is 11.8 Å². The Kier molecular flexibility index (Phi) is 5.73. The zero-order chi connectivity index (χ0) is 18.7. The van der Waals surface area contributed by atoms with Crippen LogP contribution < -0.4 is 4.90 Å². The summed E-state index contributed by atoms with van der Waals surface area (Å²) in [5.74, 6) is -3.97. The van der Waals surface area contributed by atoms with Gasteiger partial charge in [0.15, 0.2) is 0 Å². The Labute approximate surface area is 147 Å². The third-order valence-electron chi connectivity index (χ3n) is 3.57. The van der Waals surface area contributed by atoms with Gasteiger partial charge in [-0.25, -0.2) is 18.0 Å². The number of carbonyl (C=O) groups is 2. The number of thioether (sulfide) groups is 1. The Hall–Kier alpha value is -2.48. The summed E-state index contributed by atoms with van der Waals surface area (Å²) in [6, 6.07) is 6.27. The van der Waals surface area contributed by atoms with Crippen molar-refractivity contribution in [3.63, 3.8) is 0 Å². The lowest BCUT2D eigenvalue weighted by molar-refractivity contribution is 0.0827. The van der Waals surface area contributed by atoms with Crippen molar-refractivity contribution in [1.29, 1.82) is 0 Å². The highest BCUT2D eigenvalue weighted by atomic mass is 32.2. The predicted molar refractivity (Wildman–Crippen MR) is 90.4 cm³/mol. The predicted octanol–water partition coefficient (Wildman–Crippen LogP) is 4.15. The molecule has 2 aromatic rings. The molecule has 0 aliphatic carbocycles. The highest BCUT2D eigenvalue weighted by Gasteiger charge is 2.28. The van der Waals surface area contributed by atoms with Gasteiger partial charge in [0.2, 0.25) is 0 Å². The lowest BCUT2D eigenvalue weighted by Crippen LogP contribution is -2.43. The average molecular weight is 368 g/mol. The molecule has 0 spiro atoms. The van der Waals surface area contributed by atoms with E-state index in [2.05, 4.69) is 0 Å². The summed E-state index contributed by atoms with van der Waals surface area (Å²) in [7, 11) is 2.34. The van der Waals surface area contributed by atoms with Gasteiger partial charge >= 0.3 is 6.03 Å². The zero-order valence-electron chi connectivity index (χ0n) is 13.7. The fourth-order valence-electron chi connectivity index (χ4n) is 2.17. The largest absolute Gasteiger partial charge is 0.331 e. The summed E-state index contributed by atoms with van der Waals surface area (Å²) in [4.78, 5) is 26.7. The zero-order valence-corrected chi connectivity index (χ0v) is 14.5. The number of hydrogen-bond donors (Lipinski definition) is 0. The van der Waals surface area contributed by atoms with Gasteiger partial charge in [0.1, 0.15) is 23.0 Å². The first kappa shape index (κ1) is 18.9. The fourth-order valence-corrected chi connectivity index (χ4v) is 2.60. The first-order chi connectivity index (χ1) is 11.8. The standard InChI is InChI=1S/C17H15F3N2O2S/c1-21(14-8-7-10(25-3)9-13(14)20)17(24)22(2)16(23)15-11(18)5-4-6-12(15)19/h4-9H,1-3H3. The lowest BCUT2D eigenvalue weighted by atomic mass is 10.1. The summed E-state index contributed by atoms with van der Waals surface area (Å²) in [6.07, 6.45) is 1.78. The van der Waals surface area contributed by atoms with Crippen molar-refractivity contribution in [2.24, 2.45) is 0 Å². The highest BCUT2D eigenvalue weighted by Crippen LogP contribution is 2.25. The monoisotopic (exact) mass is 368 g/mol. The van der Waals surface area contributed by atoms with Crippen molar-refractivity contribution in [2.45, 2.75) is 4.90 Å². The molecule has 0 radical (unpaired) electrons. The van der Waals surface area contributed by atoms with Gasteiger partial charge in [0.25, 0.3) is 5.91 Å².